The predicted molar refractivity (Wildman–Crippen MR) is 117 cm³/mol. The zero-order chi connectivity index (χ0) is 21.8. The van der Waals surface area contributed by atoms with Gasteiger partial charge in [-0.1, -0.05) is 21.6 Å². The lowest BCUT2D eigenvalue weighted by Crippen LogP contribution is -2.35. The van der Waals surface area contributed by atoms with Crippen molar-refractivity contribution in [3.05, 3.63) is 57.1 Å². The van der Waals surface area contributed by atoms with E-state index in [0.717, 1.165) is 25.7 Å². The van der Waals surface area contributed by atoms with E-state index in [4.69, 9.17) is 11.6 Å². The predicted octanol–water partition coefficient (Wildman–Crippen LogP) is 3.33. The van der Waals surface area contributed by atoms with E-state index in [1.54, 1.807) is 30.7 Å². The number of aromatic amines is 1. The van der Waals surface area contributed by atoms with Crippen LogP contribution in [0.3, 0.4) is 0 Å². The Bertz CT molecular complexity index is 1220. The molecule has 1 saturated carbocycles. The van der Waals surface area contributed by atoms with Crippen LogP contribution in [0.2, 0.25) is 5.02 Å². The van der Waals surface area contributed by atoms with Crippen LogP contribution in [0.5, 0.6) is 0 Å². The van der Waals surface area contributed by atoms with Gasteiger partial charge in [0, 0.05) is 25.4 Å². The molecule has 3 aromatic heterocycles. The number of hydrogen-bond donors (Lipinski definition) is 2. The summed E-state index contributed by atoms with van der Waals surface area (Å²) in [5.41, 5.74) is 1.26. The summed E-state index contributed by atoms with van der Waals surface area (Å²) in [7, 11) is 0. The highest BCUT2D eigenvalue weighted by Crippen LogP contribution is 2.28. The first-order chi connectivity index (χ1) is 15.0. The van der Waals surface area contributed by atoms with E-state index in [9.17, 15) is 9.59 Å². The maximum Gasteiger partial charge on any atom is 0.530 e. The van der Waals surface area contributed by atoms with Crippen molar-refractivity contribution in [1.82, 2.24) is 30.0 Å². The van der Waals surface area contributed by atoms with Gasteiger partial charge in [-0.3, -0.25) is 9.59 Å². The molecule has 4 rings (SSSR count). The number of aromatic nitrogens is 5. The lowest BCUT2D eigenvalue weighted by atomic mass is 9.87. The van der Waals surface area contributed by atoms with Crippen LogP contribution in [-0.2, 0) is 4.79 Å². The smallest absolute Gasteiger partial charge is 0.354 e. The lowest BCUT2D eigenvalue weighted by molar-refractivity contribution is -0.119. The zero-order valence-electron chi connectivity index (χ0n) is 16.9. The molecule has 1 amide bonds. The van der Waals surface area contributed by atoms with Gasteiger partial charge < -0.3 is 10.3 Å². The summed E-state index contributed by atoms with van der Waals surface area (Å²) in [4.78, 5) is 38.7. The summed E-state index contributed by atoms with van der Waals surface area (Å²) < 4.78 is 1.47. The summed E-state index contributed by atoms with van der Waals surface area (Å²) in [5, 5.41) is 7.56. The molecule has 3 aromatic rings. The number of pyridine rings is 1. The highest BCUT2D eigenvalue weighted by molar-refractivity contribution is 6.32. The van der Waals surface area contributed by atoms with Gasteiger partial charge in [0.15, 0.2) is 5.69 Å². The van der Waals surface area contributed by atoms with Crippen molar-refractivity contribution in [3.8, 4) is 23.0 Å². The molecule has 0 aliphatic heterocycles. The van der Waals surface area contributed by atoms with Gasteiger partial charge in [0.05, 0.1) is 17.7 Å². The van der Waals surface area contributed by atoms with Crippen LogP contribution in [0.4, 0.5) is 5.95 Å². The second-order valence-corrected chi connectivity index (χ2v) is 7.82. The molecule has 31 heavy (non-hydrogen) atoms. The van der Waals surface area contributed by atoms with E-state index in [-0.39, 0.29) is 29.4 Å². The van der Waals surface area contributed by atoms with Crippen molar-refractivity contribution in [2.75, 3.05) is 0 Å². The number of nitrogens with zero attached hydrogens (tertiary/aromatic N) is 5. The van der Waals surface area contributed by atoms with E-state index in [1.807, 2.05) is 0 Å². The fraction of sp³-hybridized carbons (Fsp3) is 0.333. The number of carbonyl (C=O) groups excluding carboxylic acids is 1. The SMILES string of the molecule is CC(=O)NC1CCC(C#[N+]c2ncc(Cl)c(-c3cnn(-c4ccc[nH]c4=O)c3)n2)CC1. The van der Waals surface area contributed by atoms with Crippen LogP contribution >= 0.6 is 11.6 Å². The minimum atomic E-state index is -0.251. The Kier molecular flexibility index (Phi) is 6.09. The molecule has 1 aliphatic rings. The van der Waals surface area contributed by atoms with Crippen molar-refractivity contribution in [2.24, 2.45) is 5.92 Å². The highest BCUT2D eigenvalue weighted by Gasteiger charge is 2.23. The van der Waals surface area contributed by atoms with Crippen LogP contribution in [-0.4, -0.2) is 36.7 Å². The first-order valence-corrected chi connectivity index (χ1v) is 10.4. The number of nitrogens with one attached hydrogen (secondary N) is 2. The Morgan fingerprint density at radius 1 is 1.32 bits per heavy atom. The van der Waals surface area contributed by atoms with E-state index in [2.05, 4.69) is 36.3 Å². The maximum absolute atomic E-state index is 12.0. The molecule has 0 spiro atoms. The van der Waals surface area contributed by atoms with Gasteiger partial charge in [-0.15, -0.1) is 0 Å². The molecule has 3 heterocycles. The molecule has 10 heteroatoms. The molecule has 0 aromatic carbocycles. The molecule has 0 unspecified atom stereocenters. The molecule has 1 aliphatic carbocycles. The van der Waals surface area contributed by atoms with Gasteiger partial charge in [-0.05, 0) is 37.8 Å². The first-order valence-electron chi connectivity index (χ1n) is 9.98. The quantitative estimate of drug-likeness (QED) is 0.651. The fourth-order valence-electron chi connectivity index (χ4n) is 3.59. The Morgan fingerprint density at radius 2 is 2.13 bits per heavy atom. The number of halogens is 1. The molecular weight excluding hydrogens is 418 g/mol. The van der Waals surface area contributed by atoms with E-state index in [1.165, 1.54) is 17.8 Å². The normalized spacial score (nSPS) is 18.1. The number of amides is 1. The third-order valence-corrected chi connectivity index (χ3v) is 5.39. The number of carbonyl (C=O) groups is 1. The van der Waals surface area contributed by atoms with E-state index >= 15 is 0 Å². The molecule has 0 saturated heterocycles. The topological polar surface area (TPSA) is 110 Å². The van der Waals surface area contributed by atoms with Crippen LogP contribution < -0.4 is 10.9 Å². The third kappa shape index (κ3) is 4.98. The molecule has 0 bridgehead atoms. The number of rotatable bonds is 3. The summed E-state index contributed by atoms with van der Waals surface area (Å²) >= 11 is 6.30. The van der Waals surface area contributed by atoms with Crippen LogP contribution in [0.1, 0.15) is 32.6 Å². The van der Waals surface area contributed by atoms with Crippen molar-refractivity contribution < 1.29 is 4.79 Å². The average Bonchev–Trinajstić information content (AvgIpc) is 3.24. The zero-order valence-corrected chi connectivity index (χ0v) is 17.6. The standard InChI is InChI=1S/C21H20ClN7O2/c1-13(30)27-16-6-4-14(5-7-16)9-24-21-25-11-17(22)19(28-21)15-10-26-29(12-15)18-3-2-8-23-20(18)31/h2-3,8,10-12,14,16H,4-7H2,1H3,(H-,23,27,30,31)/p+1. The fourth-order valence-corrected chi connectivity index (χ4v) is 3.79. The minimum Gasteiger partial charge on any atom is -0.354 e. The minimum absolute atomic E-state index is 0.00313. The van der Waals surface area contributed by atoms with Crippen LogP contribution in [0, 0.1) is 12.0 Å². The lowest BCUT2D eigenvalue weighted by Gasteiger charge is -2.24. The molecule has 158 valence electrons. The second-order valence-electron chi connectivity index (χ2n) is 7.41. The Balaban J connectivity index is 1.51. The molecular formula is C21H21ClN7O2+. The van der Waals surface area contributed by atoms with Gasteiger partial charge in [0.25, 0.3) is 5.56 Å². The Labute approximate surface area is 183 Å². The van der Waals surface area contributed by atoms with Crippen molar-refractivity contribution in [1.29, 1.82) is 0 Å². The summed E-state index contributed by atoms with van der Waals surface area (Å²) in [6.45, 7) is 1.54. The van der Waals surface area contributed by atoms with Gasteiger partial charge >= 0.3 is 5.95 Å². The van der Waals surface area contributed by atoms with E-state index in [0.29, 0.717) is 22.0 Å². The number of H-pyrrole nitrogens is 1. The number of hydrogen-bond acceptors (Lipinski definition) is 5. The summed E-state index contributed by atoms with van der Waals surface area (Å²) in [5.74, 6) is 0.456. The Morgan fingerprint density at radius 3 is 2.87 bits per heavy atom. The molecule has 0 atom stereocenters. The Hall–Kier alpha value is -3.51. The molecule has 2 N–H and O–H groups in total. The van der Waals surface area contributed by atoms with E-state index < -0.39 is 0 Å². The second kappa shape index (κ2) is 9.10. The van der Waals surface area contributed by atoms with Crippen LogP contribution in [0.15, 0.2) is 41.7 Å². The largest absolute Gasteiger partial charge is 0.530 e. The van der Waals surface area contributed by atoms with Gasteiger partial charge in [0.2, 0.25) is 5.91 Å². The van der Waals surface area contributed by atoms with Gasteiger partial charge in [-0.2, -0.15) is 9.94 Å². The molecule has 9 nitrogen and oxygen atoms in total. The van der Waals surface area contributed by atoms with Gasteiger partial charge in [0.1, 0.15) is 23.0 Å². The average molecular weight is 439 g/mol. The first kappa shape index (κ1) is 20.8. The highest BCUT2D eigenvalue weighted by atomic mass is 35.5. The van der Waals surface area contributed by atoms with Crippen molar-refractivity contribution in [2.45, 2.75) is 38.6 Å². The van der Waals surface area contributed by atoms with Crippen molar-refractivity contribution >= 4 is 23.5 Å². The van der Waals surface area contributed by atoms with Crippen molar-refractivity contribution in [3.63, 3.8) is 0 Å². The van der Waals surface area contributed by atoms with Gasteiger partial charge in [-0.25, -0.2) is 4.68 Å². The summed E-state index contributed by atoms with van der Waals surface area (Å²) in [6.07, 6.45) is 9.91. The molecule has 1 fully saturated rings. The molecule has 0 radical (unpaired) electrons. The maximum atomic E-state index is 12.0. The summed E-state index contributed by atoms with van der Waals surface area (Å²) in [6, 6.07) is 6.74. The van der Waals surface area contributed by atoms with Crippen LogP contribution in [0.25, 0.3) is 21.8 Å². The third-order valence-electron chi connectivity index (χ3n) is 5.11. The monoisotopic (exact) mass is 438 g/mol.